The summed E-state index contributed by atoms with van der Waals surface area (Å²) in [6.07, 6.45) is -1.53. The van der Waals surface area contributed by atoms with E-state index in [-0.39, 0.29) is 11.7 Å². The molecule has 0 saturated carbocycles. The highest BCUT2D eigenvalue weighted by atomic mass is 35.5. The smallest absolute Gasteiger partial charge is 0.406 e. The molecule has 1 heterocycles. The first kappa shape index (κ1) is 18.8. The van der Waals surface area contributed by atoms with E-state index in [9.17, 15) is 18.0 Å². The molecule has 9 heteroatoms. The van der Waals surface area contributed by atoms with Crippen molar-refractivity contribution in [1.29, 1.82) is 0 Å². The molecule has 3 aromatic rings. The van der Waals surface area contributed by atoms with E-state index in [1.54, 1.807) is 35.1 Å². The Morgan fingerprint density at radius 1 is 1.11 bits per heavy atom. The maximum absolute atomic E-state index is 12.2. The average molecular weight is 396 g/mol. The second-order valence-corrected chi connectivity index (χ2v) is 6.02. The molecule has 0 spiro atoms. The first-order chi connectivity index (χ1) is 12.8. The van der Waals surface area contributed by atoms with Crippen molar-refractivity contribution in [3.63, 3.8) is 0 Å². The third-order valence-corrected chi connectivity index (χ3v) is 3.70. The van der Waals surface area contributed by atoms with Gasteiger partial charge in [-0.3, -0.25) is 9.48 Å². The summed E-state index contributed by atoms with van der Waals surface area (Å²) in [5.41, 5.74) is 1.69. The molecule has 1 N–H and O–H groups in total. The van der Waals surface area contributed by atoms with E-state index in [0.29, 0.717) is 22.8 Å². The average Bonchev–Trinajstić information content (AvgIpc) is 3.01. The van der Waals surface area contributed by atoms with Crippen molar-refractivity contribution in [2.45, 2.75) is 12.9 Å². The van der Waals surface area contributed by atoms with Crippen molar-refractivity contribution >= 4 is 23.2 Å². The van der Waals surface area contributed by atoms with Gasteiger partial charge in [-0.15, -0.1) is 13.2 Å². The van der Waals surface area contributed by atoms with Crippen LogP contribution in [0.15, 0.2) is 60.9 Å². The number of hydrogen-bond acceptors (Lipinski definition) is 3. The van der Waals surface area contributed by atoms with Gasteiger partial charge in [0.15, 0.2) is 0 Å². The zero-order chi connectivity index (χ0) is 19.4. The third kappa shape index (κ3) is 5.49. The van der Waals surface area contributed by atoms with Crippen LogP contribution in [0.2, 0.25) is 5.02 Å². The van der Waals surface area contributed by atoms with Gasteiger partial charge in [-0.25, -0.2) is 0 Å². The number of hydrogen-bond donors (Lipinski definition) is 1. The zero-order valence-corrected chi connectivity index (χ0v) is 14.5. The number of alkyl halides is 3. The van der Waals surface area contributed by atoms with E-state index in [2.05, 4.69) is 15.2 Å². The van der Waals surface area contributed by atoms with Gasteiger partial charge >= 0.3 is 6.36 Å². The van der Waals surface area contributed by atoms with Crippen LogP contribution < -0.4 is 10.1 Å². The fourth-order valence-corrected chi connectivity index (χ4v) is 2.47. The lowest BCUT2D eigenvalue weighted by Gasteiger charge is -2.10. The minimum absolute atomic E-state index is 0.352. The van der Waals surface area contributed by atoms with E-state index >= 15 is 0 Å². The molecule has 3 rings (SSSR count). The van der Waals surface area contributed by atoms with Crippen LogP contribution in [0.25, 0.3) is 0 Å². The molecule has 5 nitrogen and oxygen atoms in total. The molecule has 140 valence electrons. The molecular formula is C18H13ClF3N3O2. The molecule has 0 aliphatic carbocycles. The van der Waals surface area contributed by atoms with Crippen LogP contribution in [0.5, 0.6) is 5.75 Å². The van der Waals surface area contributed by atoms with Gasteiger partial charge in [-0.2, -0.15) is 5.10 Å². The monoisotopic (exact) mass is 395 g/mol. The molecule has 0 unspecified atom stereocenters. The molecule has 0 aliphatic rings. The van der Waals surface area contributed by atoms with E-state index in [1.807, 2.05) is 0 Å². The minimum atomic E-state index is -4.76. The van der Waals surface area contributed by atoms with E-state index in [0.717, 1.165) is 17.7 Å². The Morgan fingerprint density at radius 3 is 2.33 bits per heavy atom. The summed E-state index contributed by atoms with van der Waals surface area (Å²) >= 11 is 5.81. The number of carbonyl (C=O) groups excluding carboxylic acids is 1. The standard InChI is InChI=1S/C18H13ClF3N3O2/c19-14-9-23-25(11-14)10-12-1-3-13(4-2-12)17(26)24-15-5-7-16(8-6-15)27-18(20,21)22/h1-9,11H,10H2,(H,24,26). The maximum Gasteiger partial charge on any atom is 0.573 e. The Labute approximate surface area is 157 Å². The van der Waals surface area contributed by atoms with Crippen LogP contribution in [-0.4, -0.2) is 22.1 Å². The third-order valence-electron chi connectivity index (χ3n) is 3.51. The molecule has 0 saturated heterocycles. The minimum Gasteiger partial charge on any atom is -0.406 e. The number of rotatable bonds is 5. The van der Waals surface area contributed by atoms with Crippen LogP contribution >= 0.6 is 11.6 Å². The molecule has 0 atom stereocenters. The number of ether oxygens (including phenoxy) is 1. The highest BCUT2D eigenvalue weighted by Gasteiger charge is 2.30. The molecule has 0 aliphatic heterocycles. The molecule has 1 amide bonds. The second kappa shape index (κ2) is 7.71. The highest BCUT2D eigenvalue weighted by Crippen LogP contribution is 2.24. The molecule has 0 fully saturated rings. The molecule has 27 heavy (non-hydrogen) atoms. The van der Waals surface area contributed by atoms with Crippen molar-refractivity contribution in [3.05, 3.63) is 77.1 Å². The van der Waals surface area contributed by atoms with Crippen LogP contribution in [0.3, 0.4) is 0 Å². The maximum atomic E-state index is 12.2. The summed E-state index contributed by atoms with van der Waals surface area (Å²) < 4.78 is 41.9. The van der Waals surface area contributed by atoms with Gasteiger partial charge < -0.3 is 10.1 Å². The first-order valence-corrected chi connectivity index (χ1v) is 8.10. The van der Waals surface area contributed by atoms with Gasteiger partial charge in [0.25, 0.3) is 5.91 Å². The number of nitrogens with zero attached hydrogens (tertiary/aromatic N) is 2. The first-order valence-electron chi connectivity index (χ1n) is 7.72. The van der Waals surface area contributed by atoms with Gasteiger partial charge in [0, 0.05) is 17.4 Å². The lowest BCUT2D eigenvalue weighted by Crippen LogP contribution is -2.17. The fraction of sp³-hybridized carbons (Fsp3) is 0.111. The zero-order valence-electron chi connectivity index (χ0n) is 13.7. The van der Waals surface area contributed by atoms with Crippen molar-refractivity contribution in [2.24, 2.45) is 0 Å². The quantitative estimate of drug-likeness (QED) is 0.679. The van der Waals surface area contributed by atoms with Gasteiger partial charge in [0.05, 0.1) is 17.8 Å². The van der Waals surface area contributed by atoms with Crippen molar-refractivity contribution in [3.8, 4) is 5.75 Å². The second-order valence-electron chi connectivity index (χ2n) is 5.58. The Morgan fingerprint density at radius 2 is 1.78 bits per heavy atom. The Kier molecular flexibility index (Phi) is 5.36. The Balaban J connectivity index is 1.60. The topological polar surface area (TPSA) is 56.1 Å². The molecular weight excluding hydrogens is 383 g/mol. The lowest BCUT2D eigenvalue weighted by atomic mass is 10.1. The summed E-state index contributed by atoms with van der Waals surface area (Å²) in [5.74, 6) is -0.739. The molecule has 1 aromatic heterocycles. The Hall–Kier alpha value is -3.00. The number of aromatic nitrogens is 2. The summed E-state index contributed by atoms with van der Waals surface area (Å²) in [7, 11) is 0. The summed E-state index contributed by atoms with van der Waals surface area (Å²) in [6.45, 7) is 0.509. The van der Waals surface area contributed by atoms with Crippen molar-refractivity contribution in [1.82, 2.24) is 9.78 Å². The number of halogens is 4. The van der Waals surface area contributed by atoms with Crippen LogP contribution in [0.1, 0.15) is 15.9 Å². The van der Waals surface area contributed by atoms with Crippen molar-refractivity contribution in [2.75, 3.05) is 5.32 Å². The normalized spacial score (nSPS) is 11.3. The number of nitrogens with one attached hydrogen (secondary N) is 1. The van der Waals surface area contributed by atoms with Crippen LogP contribution in [0, 0.1) is 0 Å². The Bertz CT molecular complexity index is 922. The lowest BCUT2D eigenvalue weighted by molar-refractivity contribution is -0.274. The number of benzene rings is 2. The van der Waals surface area contributed by atoms with E-state index in [4.69, 9.17) is 11.6 Å². The predicted molar refractivity (Wildman–Crippen MR) is 93.9 cm³/mol. The van der Waals surface area contributed by atoms with Crippen LogP contribution in [0.4, 0.5) is 18.9 Å². The van der Waals surface area contributed by atoms with Gasteiger partial charge in [0.1, 0.15) is 5.75 Å². The molecule has 0 bridgehead atoms. The van der Waals surface area contributed by atoms with Crippen molar-refractivity contribution < 1.29 is 22.7 Å². The van der Waals surface area contributed by atoms with Gasteiger partial charge in [0.2, 0.25) is 0 Å². The summed E-state index contributed by atoms with van der Waals surface area (Å²) in [6, 6.07) is 11.8. The van der Waals surface area contributed by atoms with Crippen LogP contribution in [-0.2, 0) is 6.54 Å². The van der Waals surface area contributed by atoms with E-state index in [1.165, 1.54) is 18.3 Å². The number of carbonyl (C=O) groups is 1. The largest absolute Gasteiger partial charge is 0.573 e. The number of amides is 1. The number of anilines is 1. The molecule has 0 radical (unpaired) electrons. The fourth-order valence-electron chi connectivity index (χ4n) is 2.32. The van der Waals surface area contributed by atoms with E-state index < -0.39 is 6.36 Å². The summed E-state index contributed by atoms with van der Waals surface area (Å²) in [5, 5.41) is 7.23. The molecule has 2 aromatic carbocycles. The summed E-state index contributed by atoms with van der Waals surface area (Å²) in [4.78, 5) is 12.2. The predicted octanol–water partition coefficient (Wildman–Crippen LogP) is 4.74. The SMILES string of the molecule is O=C(Nc1ccc(OC(F)(F)F)cc1)c1ccc(Cn2cc(Cl)cn2)cc1. The highest BCUT2D eigenvalue weighted by molar-refractivity contribution is 6.30. The van der Waals surface area contributed by atoms with Gasteiger partial charge in [-0.1, -0.05) is 23.7 Å². The van der Waals surface area contributed by atoms with Gasteiger partial charge in [-0.05, 0) is 42.0 Å².